The maximum absolute atomic E-state index is 6.27. The smallest absolute Gasteiger partial charge is 0.113 e. The summed E-state index contributed by atoms with van der Waals surface area (Å²) in [7, 11) is 0. The molecule has 1 aliphatic rings. The van der Waals surface area contributed by atoms with Crippen LogP contribution in [0.15, 0.2) is 65.6 Å². The highest BCUT2D eigenvalue weighted by molar-refractivity contribution is 7.99. The Morgan fingerprint density at radius 2 is 1.65 bits per heavy atom. The molecule has 23 heavy (non-hydrogen) atoms. The second-order valence-electron chi connectivity index (χ2n) is 6.00. The van der Waals surface area contributed by atoms with E-state index < -0.39 is 0 Å². The lowest BCUT2D eigenvalue weighted by Gasteiger charge is -2.21. The molecule has 2 nitrogen and oxygen atoms in total. The highest BCUT2D eigenvalue weighted by Crippen LogP contribution is 2.40. The van der Waals surface area contributed by atoms with Gasteiger partial charge in [0.15, 0.2) is 0 Å². The van der Waals surface area contributed by atoms with E-state index in [1.165, 1.54) is 10.5 Å². The first-order valence-electron chi connectivity index (χ1n) is 8.30. The molecule has 122 valence electrons. The zero-order chi connectivity index (χ0) is 16.1. The van der Waals surface area contributed by atoms with Crippen LogP contribution >= 0.6 is 11.8 Å². The van der Waals surface area contributed by atoms with E-state index in [0.29, 0.717) is 12.5 Å². The van der Waals surface area contributed by atoms with Gasteiger partial charge in [-0.2, -0.15) is 0 Å². The molecule has 3 rings (SSSR count). The van der Waals surface area contributed by atoms with Crippen LogP contribution in [0.5, 0.6) is 0 Å². The monoisotopic (exact) mass is 328 g/mol. The third-order valence-electron chi connectivity index (χ3n) is 4.31. The molecule has 0 bridgehead atoms. The van der Waals surface area contributed by atoms with Gasteiger partial charge in [-0.3, -0.25) is 0 Å². The van der Waals surface area contributed by atoms with Gasteiger partial charge in [-0.05, 0) is 24.1 Å². The van der Waals surface area contributed by atoms with Gasteiger partial charge < -0.3 is 9.47 Å². The third-order valence-corrected chi connectivity index (χ3v) is 5.62. The standard InChI is InChI=1S/C20H24O2S/c1-3-18-19(21-14-16-10-6-4-7-11-16)15(2)20(22-18)23-17-12-8-5-9-13-17/h4-13,15,18-20H,3,14H2,1-2H3/t15?,18-,19-,20+/m1/s1. The number of thioether (sulfide) groups is 1. The van der Waals surface area contributed by atoms with Crippen molar-refractivity contribution in [3.8, 4) is 0 Å². The Kier molecular flexibility index (Phi) is 5.76. The summed E-state index contributed by atoms with van der Waals surface area (Å²) in [5.41, 5.74) is 1.37. The zero-order valence-corrected chi connectivity index (χ0v) is 14.5. The minimum Gasteiger partial charge on any atom is -0.370 e. The molecule has 1 saturated heterocycles. The quantitative estimate of drug-likeness (QED) is 0.732. The molecule has 0 radical (unpaired) electrons. The van der Waals surface area contributed by atoms with E-state index in [0.717, 1.165) is 6.42 Å². The Labute approximate surface area is 143 Å². The lowest BCUT2D eigenvalue weighted by molar-refractivity contribution is -0.0278. The van der Waals surface area contributed by atoms with Crippen molar-refractivity contribution in [3.05, 3.63) is 66.2 Å². The predicted octanol–water partition coefficient (Wildman–Crippen LogP) is 5.14. The Morgan fingerprint density at radius 3 is 2.30 bits per heavy atom. The summed E-state index contributed by atoms with van der Waals surface area (Å²) < 4.78 is 12.5. The molecule has 1 unspecified atom stereocenters. The van der Waals surface area contributed by atoms with Crippen LogP contribution in [0, 0.1) is 5.92 Å². The number of hydrogen-bond acceptors (Lipinski definition) is 3. The van der Waals surface area contributed by atoms with Crippen LogP contribution in [0.4, 0.5) is 0 Å². The minimum atomic E-state index is 0.154. The second-order valence-corrected chi connectivity index (χ2v) is 7.17. The number of hydrogen-bond donors (Lipinski definition) is 0. The van der Waals surface area contributed by atoms with E-state index >= 15 is 0 Å². The zero-order valence-electron chi connectivity index (χ0n) is 13.7. The maximum Gasteiger partial charge on any atom is 0.113 e. The van der Waals surface area contributed by atoms with Crippen LogP contribution in [0.3, 0.4) is 0 Å². The van der Waals surface area contributed by atoms with Gasteiger partial charge >= 0.3 is 0 Å². The van der Waals surface area contributed by atoms with Crippen LogP contribution in [0.1, 0.15) is 25.8 Å². The average molecular weight is 328 g/mol. The summed E-state index contributed by atoms with van der Waals surface area (Å²) in [6.45, 7) is 5.07. The van der Waals surface area contributed by atoms with Crippen LogP contribution in [0.25, 0.3) is 0 Å². The van der Waals surface area contributed by atoms with E-state index in [1.807, 2.05) is 12.1 Å². The first kappa shape index (κ1) is 16.6. The molecule has 3 heteroatoms. The molecule has 1 heterocycles. The van der Waals surface area contributed by atoms with E-state index in [-0.39, 0.29) is 17.6 Å². The van der Waals surface area contributed by atoms with Crippen molar-refractivity contribution in [1.29, 1.82) is 0 Å². The molecule has 2 aromatic rings. The first-order chi connectivity index (χ1) is 11.3. The maximum atomic E-state index is 6.27. The van der Waals surface area contributed by atoms with Crippen molar-refractivity contribution in [1.82, 2.24) is 0 Å². The van der Waals surface area contributed by atoms with Crippen molar-refractivity contribution >= 4 is 11.8 Å². The van der Waals surface area contributed by atoms with E-state index in [4.69, 9.17) is 9.47 Å². The van der Waals surface area contributed by atoms with Gasteiger partial charge in [0.25, 0.3) is 0 Å². The minimum absolute atomic E-state index is 0.154. The fourth-order valence-electron chi connectivity index (χ4n) is 2.99. The normalized spacial score (nSPS) is 27.2. The highest BCUT2D eigenvalue weighted by atomic mass is 32.2. The molecular weight excluding hydrogens is 304 g/mol. The van der Waals surface area contributed by atoms with Gasteiger partial charge in [-0.15, -0.1) is 0 Å². The molecule has 1 fully saturated rings. The molecule has 0 N–H and O–H groups in total. The molecule has 0 amide bonds. The molecule has 4 atom stereocenters. The first-order valence-corrected chi connectivity index (χ1v) is 9.18. The van der Waals surface area contributed by atoms with E-state index in [1.54, 1.807) is 11.8 Å². The van der Waals surface area contributed by atoms with Crippen molar-refractivity contribution in [2.45, 2.75) is 49.4 Å². The van der Waals surface area contributed by atoms with Crippen LogP contribution in [-0.4, -0.2) is 17.6 Å². The largest absolute Gasteiger partial charge is 0.370 e. The van der Waals surface area contributed by atoms with Gasteiger partial charge in [-0.1, -0.05) is 74.1 Å². The highest BCUT2D eigenvalue weighted by Gasteiger charge is 2.42. The SMILES string of the molecule is CC[C@H]1O[C@@H](Sc2ccccc2)C(C)[C@H]1OCc1ccccc1. The molecule has 0 spiro atoms. The van der Waals surface area contributed by atoms with Gasteiger partial charge in [0, 0.05) is 10.8 Å². The van der Waals surface area contributed by atoms with Crippen LogP contribution in [-0.2, 0) is 16.1 Å². The van der Waals surface area contributed by atoms with Crippen LogP contribution < -0.4 is 0 Å². The summed E-state index contributed by atoms with van der Waals surface area (Å²) in [6, 6.07) is 20.8. The van der Waals surface area contributed by atoms with Gasteiger partial charge in [0.1, 0.15) is 5.44 Å². The van der Waals surface area contributed by atoms with Gasteiger partial charge in [-0.25, -0.2) is 0 Å². The van der Waals surface area contributed by atoms with E-state index in [9.17, 15) is 0 Å². The Bertz CT molecular complexity index is 587. The van der Waals surface area contributed by atoms with Crippen molar-refractivity contribution in [3.63, 3.8) is 0 Å². The number of rotatable bonds is 6. The van der Waals surface area contributed by atoms with Crippen LogP contribution in [0.2, 0.25) is 0 Å². The lowest BCUT2D eigenvalue weighted by Crippen LogP contribution is -2.28. The fraction of sp³-hybridized carbons (Fsp3) is 0.400. The topological polar surface area (TPSA) is 18.5 Å². The summed E-state index contributed by atoms with van der Waals surface area (Å²) in [5.74, 6) is 0.369. The molecule has 2 aromatic carbocycles. The molecule has 1 aliphatic heterocycles. The Balaban J connectivity index is 1.63. The summed E-state index contributed by atoms with van der Waals surface area (Å²) in [6.07, 6.45) is 1.31. The Morgan fingerprint density at radius 1 is 1.00 bits per heavy atom. The van der Waals surface area contributed by atoms with Crippen molar-refractivity contribution in [2.24, 2.45) is 5.92 Å². The number of ether oxygens (including phenoxy) is 2. The lowest BCUT2D eigenvalue weighted by atomic mass is 10.0. The summed E-state index contributed by atoms with van der Waals surface area (Å²) in [4.78, 5) is 1.25. The molecule has 0 aromatic heterocycles. The van der Waals surface area contributed by atoms with Crippen molar-refractivity contribution < 1.29 is 9.47 Å². The molecular formula is C20H24O2S. The predicted molar refractivity (Wildman–Crippen MR) is 95.4 cm³/mol. The average Bonchev–Trinajstić information content (AvgIpc) is 2.90. The van der Waals surface area contributed by atoms with Crippen molar-refractivity contribution in [2.75, 3.05) is 0 Å². The molecule has 0 saturated carbocycles. The second kappa shape index (κ2) is 8.00. The van der Waals surface area contributed by atoms with Gasteiger partial charge in [0.05, 0.1) is 18.8 Å². The molecule has 0 aliphatic carbocycles. The Hall–Kier alpha value is -1.29. The van der Waals surface area contributed by atoms with E-state index in [2.05, 4.69) is 62.4 Å². The fourth-order valence-corrected chi connectivity index (χ4v) is 4.14. The summed E-state index contributed by atoms with van der Waals surface area (Å²) >= 11 is 1.80. The summed E-state index contributed by atoms with van der Waals surface area (Å²) in [5, 5.41) is 0. The van der Waals surface area contributed by atoms with Gasteiger partial charge in [0.2, 0.25) is 0 Å². The third kappa shape index (κ3) is 4.17. The number of benzene rings is 2.